The third-order valence-electron chi connectivity index (χ3n) is 6.84. The first-order valence-electron chi connectivity index (χ1n) is 10.5. The summed E-state index contributed by atoms with van der Waals surface area (Å²) < 4.78 is 55.4. The molecular formula is C19H29F4N3OS2. The molecule has 4 aliphatic rings. The number of amides is 1. The number of hydrogen-bond donors (Lipinski definition) is 3. The molecule has 0 aromatic heterocycles. The van der Waals surface area contributed by atoms with Crippen molar-refractivity contribution in [3.05, 3.63) is 0 Å². The average Bonchev–Trinajstić information content (AvgIpc) is 3.29. The quantitative estimate of drug-likeness (QED) is 0.571. The zero-order valence-electron chi connectivity index (χ0n) is 16.2. The van der Waals surface area contributed by atoms with E-state index < -0.39 is 40.8 Å². The van der Waals surface area contributed by atoms with Crippen molar-refractivity contribution in [1.82, 2.24) is 10.6 Å². The van der Waals surface area contributed by atoms with Gasteiger partial charge in [-0.3, -0.25) is 4.79 Å². The Morgan fingerprint density at radius 2 is 1.93 bits per heavy atom. The Labute approximate surface area is 177 Å². The lowest BCUT2D eigenvalue weighted by Gasteiger charge is -2.43. The average molecular weight is 456 g/mol. The molecule has 3 heterocycles. The number of carbonyl (C=O) groups is 1. The first kappa shape index (κ1) is 22.0. The Balaban J connectivity index is 1.47. The SMILES string of the molecule is NC1C(C(=O)NC2CCCC(F)C2)SC2NC(C3CCCS3)CC(C(F)(F)F)C21. The minimum atomic E-state index is -4.33. The zero-order chi connectivity index (χ0) is 20.8. The van der Waals surface area contributed by atoms with Crippen LogP contribution in [-0.2, 0) is 4.79 Å². The molecule has 9 unspecified atom stereocenters. The molecule has 3 saturated heterocycles. The summed E-state index contributed by atoms with van der Waals surface area (Å²) in [5.41, 5.74) is 6.25. The molecule has 166 valence electrons. The van der Waals surface area contributed by atoms with Crippen LogP contribution < -0.4 is 16.4 Å². The van der Waals surface area contributed by atoms with Crippen molar-refractivity contribution in [2.75, 3.05) is 5.75 Å². The number of nitrogens with two attached hydrogens (primary N) is 1. The maximum atomic E-state index is 13.9. The lowest BCUT2D eigenvalue weighted by Crippen LogP contribution is -2.59. The molecule has 1 saturated carbocycles. The normalized spacial score (nSPS) is 45.8. The molecule has 0 bridgehead atoms. The van der Waals surface area contributed by atoms with Crippen LogP contribution in [0, 0.1) is 11.8 Å². The summed E-state index contributed by atoms with van der Waals surface area (Å²) in [7, 11) is 0. The van der Waals surface area contributed by atoms with E-state index in [9.17, 15) is 22.4 Å². The van der Waals surface area contributed by atoms with E-state index in [2.05, 4.69) is 10.6 Å². The summed E-state index contributed by atoms with van der Waals surface area (Å²) in [6.07, 6.45) is -1.08. The van der Waals surface area contributed by atoms with Crippen molar-refractivity contribution in [2.24, 2.45) is 17.6 Å². The van der Waals surface area contributed by atoms with Gasteiger partial charge < -0.3 is 16.4 Å². The highest BCUT2D eigenvalue weighted by atomic mass is 32.2. The van der Waals surface area contributed by atoms with E-state index in [1.807, 2.05) is 0 Å². The van der Waals surface area contributed by atoms with E-state index in [1.54, 1.807) is 11.8 Å². The van der Waals surface area contributed by atoms with E-state index in [0.29, 0.717) is 19.3 Å². The van der Waals surface area contributed by atoms with Crippen LogP contribution in [0.25, 0.3) is 0 Å². The summed E-state index contributed by atoms with van der Waals surface area (Å²) in [5, 5.41) is 5.24. The third-order valence-corrected chi connectivity index (χ3v) is 9.92. The van der Waals surface area contributed by atoms with Gasteiger partial charge in [0.05, 0.1) is 11.3 Å². The summed E-state index contributed by atoms with van der Waals surface area (Å²) >= 11 is 2.97. The lowest BCUT2D eigenvalue weighted by atomic mass is 9.76. The van der Waals surface area contributed by atoms with Gasteiger partial charge in [0.25, 0.3) is 0 Å². The summed E-state index contributed by atoms with van der Waals surface area (Å²) in [6.45, 7) is 0. The number of rotatable bonds is 3. The van der Waals surface area contributed by atoms with Crippen molar-refractivity contribution < 1.29 is 22.4 Å². The molecule has 4 rings (SSSR count). The number of piperidine rings is 1. The van der Waals surface area contributed by atoms with E-state index >= 15 is 0 Å². The molecule has 0 radical (unpaired) electrons. The molecule has 10 heteroatoms. The predicted molar refractivity (Wildman–Crippen MR) is 108 cm³/mol. The van der Waals surface area contributed by atoms with Crippen molar-refractivity contribution in [1.29, 1.82) is 0 Å². The maximum absolute atomic E-state index is 13.9. The first-order valence-corrected chi connectivity index (χ1v) is 12.5. The van der Waals surface area contributed by atoms with Crippen molar-refractivity contribution >= 4 is 29.4 Å². The highest BCUT2D eigenvalue weighted by Crippen LogP contribution is 2.51. The van der Waals surface area contributed by atoms with Crippen molar-refractivity contribution in [3.63, 3.8) is 0 Å². The topological polar surface area (TPSA) is 67.2 Å². The Hall–Kier alpha value is -0.190. The molecule has 29 heavy (non-hydrogen) atoms. The second kappa shape index (κ2) is 8.74. The Morgan fingerprint density at radius 1 is 1.14 bits per heavy atom. The van der Waals surface area contributed by atoms with Gasteiger partial charge in [0.1, 0.15) is 11.4 Å². The van der Waals surface area contributed by atoms with E-state index in [-0.39, 0.29) is 36.1 Å². The Morgan fingerprint density at radius 3 is 2.59 bits per heavy atom. The van der Waals surface area contributed by atoms with Gasteiger partial charge in [0, 0.05) is 29.3 Å². The Bertz CT molecular complexity index is 604. The Kier molecular flexibility index (Phi) is 6.64. The minimum Gasteiger partial charge on any atom is -0.352 e. The fraction of sp³-hybridized carbons (Fsp3) is 0.947. The van der Waals surface area contributed by atoms with Gasteiger partial charge >= 0.3 is 6.18 Å². The van der Waals surface area contributed by atoms with Gasteiger partial charge in [-0.25, -0.2) is 4.39 Å². The van der Waals surface area contributed by atoms with Crippen LogP contribution in [0.4, 0.5) is 17.6 Å². The van der Waals surface area contributed by atoms with Gasteiger partial charge in [-0.05, 0) is 50.7 Å². The van der Waals surface area contributed by atoms with Crippen LogP contribution in [0.15, 0.2) is 0 Å². The van der Waals surface area contributed by atoms with Gasteiger partial charge in [-0.2, -0.15) is 24.9 Å². The van der Waals surface area contributed by atoms with E-state index in [4.69, 9.17) is 5.73 Å². The fourth-order valence-electron chi connectivity index (χ4n) is 5.39. The molecule has 3 aliphatic heterocycles. The van der Waals surface area contributed by atoms with Crippen LogP contribution >= 0.6 is 23.5 Å². The largest absolute Gasteiger partial charge is 0.392 e. The summed E-state index contributed by atoms with van der Waals surface area (Å²) in [5.74, 6) is -1.67. The number of carbonyl (C=O) groups excluding carboxylic acids is 1. The van der Waals surface area contributed by atoms with Crippen LogP contribution in [0.5, 0.6) is 0 Å². The number of halogens is 4. The second-order valence-corrected chi connectivity index (χ2v) is 11.4. The van der Waals surface area contributed by atoms with Gasteiger partial charge in [-0.1, -0.05) is 0 Å². The van der Waals surface area contributed by atoms with Crippen molar-refractivity contribution in [3.8, 4) is 0 Å². The number of nitrogens with one attached hydrogen (secondary N) is 2. The molecule has 1 amide bonds. The highest BCUT2D eigenvalue weighted by Gasteiger charge is 2.59. The lowest BCUT2D eigenvalue weighted by molar-refractivity contribution is -0.200. The number of fused-ring (bicyclic) bond motifs is 1. The van der Waals surface area contributed by atoms with E-state index in [0.717, 1.165) is 18.6 Å². The molecule has 4 N–H and O–H groups in total. The summed E-state index contributed by atoms with van der Waals surface area (Å²) in [6, 6.07) is -1.33. The highest BCUT2D eigenvalue weighted by molar-refractivity contribution is 8.01. The van der Waals surface area contributed by atoms with Crippen LogP contribution in [-0.4, -0.2) is 58.0 Å². The molecular weight excluding hydrogens is 426 g/mol. The fourth-order valence-corrected chi connectivity index (χ4v) is 8.46. The number of alkyl halides is 4. The predicted octanol–water partition coefficient (Wildman–Crippen LogP) is 3.20. The molecule has 0 spiro atoms. The molecule has 4 fully saturated rings. The standard InChI is InChI=1S/C19H29F4N3OS2/c20-9-3-1-4-10(7-9)25-17(27)16-15(24)14-11(19(21,22)23)8-12(26-18(14)29-16)13-5-2-6-28-13/h9-16,18,26H,1-8,24H2,(H,25,27). The molecule has 9 atom stereocenters. The number of thioether (sulfide) groups is 2. The second-order valence-electron chi connectivity index (χ2n) is 8.81. The molecule has 4 nitrogen and oxygen atoms in total. The molecule has 0 aromatic rings. The molecule has 1 aliphatic carbocycles. The maximum Gasteiger partial charge on any atom is 0.392 e. The minimum absolute atomic E-state index is 0.0249. The van der Waals surface area contributed by atoms with Gasteiger partial charge in [0.2, 0.25) is 5.91 Å². The molecule has 0 aromatic carbocycles. The first-order chi connectivity index (χ1) is 13.7. The van der Waals surface area contributed by atoms with Crippen molar-refractivity contribution in [2.45, 2.75) is 91.3 Å². The smallest absolute Gasteiger partial charge is 0.352 e. The zero-order valence-corrected chi connectivity index (χ0v) is 17.8. The van der Waals surface area contributed by atoms with Gasteiger partial charge in [0.15, 0.2) is 0 Å². The van der Waals surface area contributed by atoms with Crippen LogP contribution in [0.3, 0.4) is 0 Å². The monoisotopic (exact) mass is 455 g/mol. The van der Waals surface area contributed by atoms with Crippen LogP contribution in [0.2, 0.25) is 0 Å². The number of hydrogen-bond acceptors (Lipinski definition) is 5. The van der Waals surface area contributed by atoms with Gasteiger partial charge in [-0.15, -0.1) is 11.8 Å². The van der Waals surface area contributed by atoms with E-state index in [1.165, 1.54) is 11.8 Å². The third kappa shape index (κ3) is 4.70. The van der Waals surface area contributed by atoms with Crippen LogP contribution in [0.1, 0.15) is 44.9 Å². The summed E-state index contributed by atoms with van der Waals surface area (Å²) in [4.78, 5) is 12.8.